The number of hydrogen-bond acceptors (Lipinski definition) is 1. The molecule has 0 saturated carbocycles. The van der Waals surface area contributed by atoms with Gasteiger partial charge in [-0.05, 0) is 66.1 Å². The number of fused-ring (bicyclic) bond motifs is 1. The predicted octanol–water partition coefficient (Wildman–Crippen LogP) is 3.91. The van der Waals surface area contributed by atoms with Crippen LogP contribution in [0.3, 0.4) is 0 Å². The maximum absolute atomic E-state index is 11.9. The van der Waals surface area contributed by atoms with Gasteiger partial charge in [0.25, 0.3) is 0 Å². The highest BCUT2D eigenvalue weighted by Gasteiger charge is 2.21. The first kappa shape index (κ1) is 12.0. The Labute approximate surface area is 120 Å². The van der Waals surface area contributed by atoms with Gasteiger partial charge in [0, 0.05) is 33.1 Å². The molecule has 0 saturated heterocycles. The molecule has 1 aromatic heterocycles. The molecule has 0 aliphatic heterocycles. The largest absolute Gasteiger partial charge is 0.320 e. The Kier molecular flexibility index (Phi) is 3.01. The van der Waals surface area contributed by atoms with Gasteiger partial charge in [-0.25, -0.2) is 0 Å². The Morgan fingerprint density at radius 1 is 1.22 bits per heavy atom. The van der Waals surface area contributed by atoms with E-state index in [0.29, 0.717) is 12.2 Å². The zero-order chi connectivity index (χ0) is 12.7. The summed E-state index contributed by atoms with van der Waals surface area (Å²) in [5.41, 5.74) is 4.56. The lowest BCUT2D eigenvalue weighted by atomic mass is 9.96. The molecule has 0 bridgehead atoms. The summed E-state index contributed by atoms with van der Waals surface area (Å²) >= 11 is 2.35. The minimum Gasteiger partial charge on any atom is -0.320 e. The Balaban J connectivity index is 2.19. The lowest BCUT2D eigenvalue weighted by Gasteiger charge is -2.17. The summed E-state index contributed by atoms with van der Waals surface area (Å²) in [4.78, 5) is 11.9. The van der Waals surface area contributed by atoms with Crippen LogP contribution in [0, 0.1) is 10.5 Å². The molecule has 3 rings (SSSR count). The third-order valence-electron chi connectivity index (χ3n) is 3.61. The van der Waals surface area contributed by atoms with Crippen LogP contribution >= 0.6 is 22.6 Å². The number of rotatable bonds is 1. The molecule has 0 N–H and O–H groups in total. The number of nitrogens with zero attached hydrogens (tertiary/aromatic N) is 1. The SMILES string of the molecule is Cc1c(I)cccc1-n1ccc2c1CCCC2=O. The highest BCUT2D eigenvalue weighted by atomic mass is 127. The van der Waals surface area contributed by atoms with Gasteiger partial charge in [-0.1, -0.05) is 6.07 Å². The first-order valence-electron chi connectivity index (χ1n) is 6.17. The van der Waals surface area contributed by atoms with Crippen LogP contribution < -0.4 is 0 Å². The molecule has 0 radical (unpaired) electrons. The molecule has 1 heterocycles. The van der Waals surface area contributed by atoms with Crippen molar-refractivity contribution in [1.82, 2.24) is 4.57 Å². The van der Waals surface area contributed by atoms with Gasteiger partial charge >= 0.3 is 0 Å². The Morgan fingerprint density at radius 3 is 2.89 bits per heavy atom. The van der Waals surface area contributed by atoms with Crippen LogP contribution in [0.5, 0.6) is 0 Å². The van der Waals surface area contributed by atoms with Crippen molar-refractivity contribution < 1.29 is 4.79 Å². The average molecular weight is 351 g/mol. The van der Waals surface area contributed by atoms with Crippen molar-refractivity contribution in [1.29, 1.82) is 0 Å². The van der Waals surface area contributed by atoms with Gasteiger partial charge in [0.1, 0.15) is 0 Å². The second-order valence-electron chi connectivity index (χ2n) is 4.71. The van der Waals surface area contributed by atoms with E-state index in [1.54, 1.807) is 0 Å². The summed E-state index contributed by atoms with van der Waals surface area (Å²) < 4.78 is 3.44. The van der Waals surface area contributed by atoms with Crippen LogP contribution in [0.25, 0.3) is 5.69 Å². The summed E-state index contributed by atoms with van der Waals surface area (Å²) in [5.74, 6) is 0.290. The Morgan fingerprint density at radius 2 is 2.06 bits per heavy atom. The smallest absolute Gasteiger partial charge is 0.164 e. The van der Waals surface area contributed by atoms with Crippen molar-refractivity contribution in [3.63, 3.8) is 0 Å². The molecule has 1 aromatic carbocycles. The molecule has 18 heavy (non-hydrogen) atoms. The molecule has 92 valence electrons. The zero-order valence-corrected chi connectivity index (χ0v) is 12.4. The van der Waals surface area contributed by atoms with Crippen LogP contribution in [0.4, 0.5) is 0 Å². The summed E-state index contributed by atoms with van der Waals surface area (Å²) in [6.07, 6.45) is 4.70. The number of ketones is 1. The fraction of sp³-hybridized carbons (Fsp3) is 0.267. The molecule has 1 aliphatic carbocycles. The maximum Gasteiger partial charge on any atom is 0.164 e. The van der Waals surface area contributed by atoms with Crippen molar-refractivity contribution in [2.24, 2.45) is 0 Å². The zero-order valence-electron chi connectivity index (χ0n) is 10.2. The van der Waals surface area contributed by atoms with E-state index < -0.39 is 0 Å². The third kappa shape index (κ3) is 1.81. The number of benzene rings is 1. The maximum atomic E-state index is 11.9. The fourth-order valence-electron chi connectivity index (χ4n) is 2.61. The normalized spacial score (nSPS) is 14.7. The van der Waals surface area contributed by atoms with Crippen LogP contribution in [0.2, 0.25) is 0 Å². The summed E-state index contributed by atoms with van der Waals surface area (Å²) in [5, 5.41) is 0. The second kappa shape index (κ2) is 4.53. The molecule has 0 atom stereocenters. The molecule has 0 unspecified atom stereocenters. The third-order valence-corrected chi connectivity index (χ3v) is 4.78. The van der Waals surface area contributed by atoms with Crippen LogP contribution in [-0.4, -0.2) is 10.4 Å². The van der Waals surface area contributed by atoms with Crippen molar-refractivity contribution in [3.8, 4) is 5.69 Å². The minimum atomic E-state index is 0.290. The Bertz CT molecular complexity index is 627. The lowest BCUT2D eigenvalue weighted by Crippen LogP contribution is -2.12. The highest BCUT2D eigenvalue weighted by molar-refractivity contribution is 14.1. The van der Waals surface area contributed by atoms with Crippen LogP contribution in [0.15, 0.2) is 30.5 Å². The van der Waals surface area contributed by atoms with Gasteiger partial charge in [0.15, 0.2) is 5.78 Å². The topological polar surface area (TPSA) is 22.0 Å². The van der Waals surface area contributed by atoms with E-state index in [4.69, 9.17) is 0 Å². The molecule has 0 amide bonds. The monoisotopic (exact) mass is 351 g/mol. The molecule has 3 heteroatoms. The van der Waals surface area contributed by atoms with Crippen molar-refractivity contribution in [2.75, 3.05) is 0 Å². The number of carbonyl (C=O) groups is 1. The van der Waals surface area contributed by atoms with Gasteiger partial charge < -0.3 is 4.57 Å². The van der Waals surface area contributed by atoms with Crippen molar-refractivity contribution in [3.05, 3.63) is 50.9 Å². The molecule has 1 aliphatic rings. The van der Waals surface area contributed by atoms with Crippen LogP contribution in [0.1, 0.15) is 34.5 Å². The molecular weight excluding hydrogens is 337 g/mol. The highest BCUT2D eigenvalue weighted by Crippen LogP contribution is 2.27. The number of Topliss-reactive ketones (excluding diaryl/α,β-unsaturated/α-hetero) is 1. The van der Waals surface area contributed by atoms with Crippen molar-refractivity contribution >= 4 is 28.4 Å². The average Bonchev–Trinajstić information content (AvgIpc) is 2.78. The summed E-state index contributed by atoms with van der Waals surface area (Å²) in [7, 11) is 0. The first-order valence-corrected chi connectivity index (χ1v) is 7.25. The first-order chi connectivity index (χ1) is 8.68. The number of hydrogen-bond donors (Lipinski definition) is 0. The molecule has 0 fully saturated rings. The summed E-state index contributed by atoms with van der Waals surface area (Å²) in [6, 6.07) is 8.27. The van der Waals surface area contributed by atoms with E-state index >= 15 is 0 Å². The molecular formula is C15H14INO. The summed E-state index contributed by atoms with van der Waals surface area (Å²) in [6.45, 7) is 2.13. The molecule has 2 nitrogen and oxygen atoms in total. The number of halogens is 1. The predicted molar refractivity (Wildman–Crippen MR) is 80.5 cm³/mol. The van der Waals surface area contributed by atoms with Gasteiger partial charge in [-0.2, -0.15) is 0 Å². The van der Waals surface area contributed by atoms with E-state index in [-0.39, 0.29) is 0 Å². The lowest BCUT2D eigenvalue weighted by molar-refractivity contribution is 0.0972. The van der Waals surface area contributed by atoms with E-state index in [2.05, 4.69) is 52.3 Å². The Hall–Kier alpha value is -1.10. The van der Waals surface area contributed by atoms with Crippen molar-refractivity contribution in [2.45, 2.75) is 26.2 Å². The van der Waals surface area contributed by atoms with Gasteiger partial charge in [0.2, 0.25) is 0 Å². The van der Waals surface area contributed by atoms with E-state index in [1.807, 2.05) is 12.3 Å². The van der Waals surface area contributed by atoms with E-state index in [9.17, 15) is 4.79 Å². The van der Waals surface area contributed by atoms with Gasteiger partial charge in [0.05, 0.1) is 0 Å². The number of aromatic nitrogens is 1. The molecule has 2 aromatic rings. The standard InChI is InChI=1S/C15H14INO/c1-10-12(16)4-2-5-13(10)17-9-8-11-14(17)6-3-7-15(11)18/h2,4-5,8-9H,3,6-7H2,1H3. The minimum absolute atomic E-state index is 0.290. The van der Waals surface area contributed by atoms with Gasteiger partial charge in [-0.3, -0.25) is 4.79 Å². The van der Waals surface area contributed by atoms with Crippen LogP contribution in [-0.2, 0) is 6.42 Å². The van der Waals surface area contributed by atoms with E-state index in [0.717, 1.165) is 18.4 Å². The second-order valence-corrected chi connectivity index (χ2v) is 5.87. The number of carbonyl (C=O) groups excluding carboxylic acids is 1. The molecule has 0 spiro atoms. The fourth-order valence-corrected chi connectivity index (χ4v) is 3.09. The van der Waals surface area contributed by atoms with E-state index in [1.165, 1.54) is 20.5 Å². The quantitative estimate of drug-likeness (QED) is 0.714. The van der Waals surface area contributed by atoms with Gasteiger partial charge in [-0.15, -0.1) is 0 Å².